The number of fused-ring (bicyclic) bond motifs is 1. The second kappa shape index (κ2) is 11.2. The number of rotatable bonds is 5. The Hall–Kier alpha value is -4.27. The molecular weight excluding hydrogens is 476 g/mol. The summed E-state index contributed by atoms with van der Waals surface area (Å²) in [6.07, 6.45) is 2.00. The third-order valence-electron chi connectivity index (χ3n) is 5.99. The van der Waals surface area contributed by atoms with Gasteiger partial charge in [-0.3, -0.25) is 19.4 Å². The van der Waals surface area contributed by atoms with Gasteiger partial charge < -0.3 is 19.2 Å². The maximum Gasteiger partial charge on any atom is 0.309 e. The Morgan fingerprint density at radius 1 is 1.19 bits per heavy atom. The summed E-state index contributed by atoms with van der Waals surface area (Å²) in [7, 11) is 1.58. The fourth-order valence-corrected chi connectivity index (χ4v) is 3.97. The zero-order chi connectivity index (χ0) is 25.6. The Kier molecular flexibility index (Phi) is 7.39. The molecule has 11 heteroatoms. The molecule has 3 aromatic rings. The van der Waals surface area contributed by atoms with Crippen molar-refractivity contribution < 1.29 is 23.5 Å². The van der Waals surface area contributed by atoms with E-state index in [0.717, 1.165) is 31.9 Å². The number of nitrogens with zero attached hydrogens (tertiary/aromatic N) is 5. The number of morpholine rings is 1. The minimum Gasteiger partial charge on any atom is -0.487 e. The first kappa shape index (κ1) is 24.4. The highest BCUT2D eigenvalue weighted by Crippen LogP contribution is 2.29. The van der Waals surface area contributed by atoms with Crippen molar-refractivity contribution in [3.05, 3.63) is 65.5 Å². The molecule has 0 spiro atoms. The van der Waals surface area contributed by atoms with E-state index in [0.29, 0.717) is 36.0 Å². The molecule has 190 valence electrons. The standard InChI is InChI=1S/C26H26N6O5/c1-31-23-21(14-19(16-27-23)8-5-9-32-10-12-35-13-11-32)36-17-20(26(31)34)28-24(33)25-30-29-22(37-25)15-18-6-3-2-4-7-18/h2-4,6-7,14,16,20H,9-13,15,17H2,1H3,(H,28,33)/t20-/m0/s1. The number of benzene rings is 1. The molecule has 0 unspecified atom stereocenters. The molecule has 1 fully saturated rings. The Morgan fingerprint density at radius 2 is 2.00 bits per heavy atom. The van der Waals surface area contributed by atoms with Gasteiger partial charge in [0.25, 0.3) is 5.91 Å². The predicted molar refractivity (Wildman–Crippen MR) is 132 cm³/mol. The second-order valence-corrected chi connectivity index (χ2v) is 8.63. The molecule has 5 rings (SSSR count). The molecule has 1 aromatic carbocycles. The second-order valence-electron chi connectivity index (χ2n) is 8.63. The van der Waals surface area contributed by atoms with Crippen molar-refractivity contribution in [2.75, 3.05) is 51.4 Å². The molecule has 1 atom stereocenters. The van der Waals surface area contributed by atoms with Crippen molar-refractivity contribution in [2.24, 2.45) is 0 Å². The smallest absolute Gasteiger partial charge is 0.309 e. The highest BCUT2D eigenvalue weighted by Gasteiger charge is 2.32. The van der Waals surface area contributed by atoms with Crippen molar-refractivity contribution in [2.45, 2.75) is 12.5 Å². The minimum absolute atomic E-state index is 0.0841. The van der Waals surface area contributed by atoms with Gasteiger partial charge >= 0.3 is 11.8 Å². The molecule has 0 saturated carbocycles. The molecule has 1 saturated heterocycles. The van der Waals surface area contributed by atoms with E-state index in [1.54, 1.807) is 19.3 Å². The van der Waals surface area contributed by atoms with Gasteiger partial charge in [-0.2, -0.15) is 0 Å². The summed E-state index contributed by atoms with van der Waals surface area (Å²) in [5, 5.41) is 10.4. The Labute approximate surface area is 213 Å². The number of anilines is 1. The van der Waals surface area contributed by atoms with Crippen molar-refractivity contribution in [3.63, 3.8) is 0 Å². The molecule has 4 heterocycles. The molecule has 2 amide bonds. The number of amides is 2. The Balaban J connectivity index is 1.22. The van der Waals surface area contributed by atoms with Crippen LogP contribution >= 0.6 is 0 Å². The molecule has 2 aliphatic rings. The molecule has 37 heavy (non-hydrogen) atoms. The fourth-order valence-electron chi connectivity index (χ4n) is 3.97. The van der Waals surface area contributed by atoms with Gasteiger partial charge in [-0.25, -0.2) is 4.98 Å². The lowest BCUT2D eigenvalue weighted by molar-refractivity contribution is -0.120. The van der Waals surface area contributed by atoms with Crippen LogP contribution in [0.25, 0.3) is 0 Å². The van der Waals surface area contributed by atoms with E-state index in [1.807, 2.05) is 30.3 Å². The summed E-state index contributed by atoms with van der Waals surface area (Å²) >= 11 is 0. The van der Waals surface area contributed by atoms with Crippen LogP contribution in [0.4, 0.5) is 5.82 Å². The van der Waals surface area contributed by atoms with E-state index in [2.05, 4.69) is 37.2 Å². The number of carbonyl (C=O) groups excluding carboxylic acids is 2. The number of likely N-dealkylation sites (N-methyl/N-ethyl adjacent to an activating group) is 1. The third-order valence-corrected chi connectivity index (χ3v) is 5.99. The first-order chi connectivity index (χ1) is 18.1. The Bertz CT molecular complexity index is 1330. The summed E-state index contributed by atoms with van der Waals surface area (Å²) in [6, 6.07) is 10.3. The summed E-state index contributed by atoms with van der Waals surface area (Å²) in [4.78, 5) is 33.7. The summed E-state index contributed by atoms with van der Waals surface area (Å²) in [6.45, 7) is 3.71. The van der Waals surface area contributed by atoms with E-state index < -0.39 is 11.9 Å². The number of pyridine rings is 1. The number of carbonyl (C=O) groups is 2. The van der Waals surface area contributed by atoms with Crippen molar-refractivity contribution in [3.8, 4) is 17.6 Å². The van der Waals surface area contributed by atoms with Crippen LogP contribution in [0.2, 0.25) is 0 Å². The zero-order valence-corrected chi connectivity index (χ0v) is 20.3. The first-order valence-electron chi connectivity index (χ1n) is 11.9. The van der Waals surface area contributed by atoms with Crippen LogP contribution in [0.15, 0.2) is 47.0 Å². The van der Waals surface area contributed by atoms with Crippen molar-refractivity contribution >= 4 is 17.6 Å². The van der Waals surface area contributed by atoms with E-state index in [-0.39, 0.29) is 18.4 Å². The maximum absolute atomic E-state index is 13.0. The maximum atomic E-state index is 13.0. The number of aromatic nitrogens is 3. The van der Waals surface area contributed by atoms with E-state index in [1.165, 1.54) is 4.90 Å². The number of nitrogens with one attached hydrogen (secondary N) is 1. The van der Waals surface area contributed by atoms with E-state index in [4.69, 9.17) is 13.9 Å². The molecule has 1 N–H and O–H groups in total. The van der Waals surface area contributed by atoms with Gasteiger partial charge in [0.1, 0.15) is 12.6 Å². The zero-order valence-electron chi connectivity index (χ0n) is 20.3. The lowest BCUT2D eigenvalue weighted by Crippen LogP contribution is -2.49. The van der Waals surface area contributed by atoms with Crippen LogP contribution in [0.5, 0.6) is 5.75 Å². The van der Waals surface area contributed by atoms with Gasteiger partial charge in [0.15, 0.2) is 11.6 Å². The lowest BCUT2D eigenvalue weighted by atomic mass is 10.2. The van der Waals surface area contributed by atoms with Crippen molar-refractivity contribution in [1.82, 2.24) is 25.4 Å². The molecule has 0 aliphatic carbocycles. The first-order valence-corrected chi connectivity index (χ1v) is 11.9. The minimum atomic E-state index is -0.966. The van der Waals surface area contributed by atoms with Gasteiger partial charge in [-0.15, -0.1) is 10.2 Å². The van der Waals surface area contributed by atoms with Gasteiger partial charge in [-0.05, 0) is 5.56 Å². The van der Waals surface area contributed by atoms with Crippen LogP contribution in [-0.2, 0) is 16.0 Å². The molecule has 2 aliphatic heterocycles. The van der Waals surface area contributed by atoms with Crippen LogP contribution in [0.1, 0.15) is 27.7 Å². The van der Waals surface area contributed by atoms with Gasteiger partial charge in [0.2, 0.25) is 5.89 Å². The van der Waals surface area contributed by atoms with Crippen LogP contribution in [0, 0.1) is 11.8 Å². The summed E-state index contributed by atoms with van der Waals surface area (Å²) in [5.41, 5.74) is 1.65. The predicted octanol–water partition coefficient (Wildman–Crippen LogP) is 0.893. The highest BCUT2D eigenvalue weighted by atomic mass is 16.5. The molecule has 0 radical (unpaired) electrons. The lowest BCUT2D eigenvalue weighted by Gasteiger charge is -2.24. The number of ether oxygens (including phenoxy) is 2. The van der Waals surface area contributed by atoms with Crippen molar-refractivity contribution in [1.29, 1.82) is 0 Å². The average molecular weight is 503 g/mol. The Morgan fingerprint density at radius 3 is 2.81 bits per heavy atom. The molecule has 2 aromatic heterocycles. The van der Waals surface area contributed by atoms with Gasteiger partial charge in [0.05, 0.1) is 26.2 Å². The van der Waals surface area contributed by atoms with Crippen LogP contribution < -0.4 is 15.0 Å². The van der Waals surface area contributed by atoms with Crippen LogP contribution in [-0.4, -0.2) is 84.4 Å². The number of hydrogen-bond acceptors (Lipinski definition) is 9. The average Bonchev–Trinajstić information content (AvgIpc) is 3.36. The third kappa shape index (κ3) is 5.94. The molecular formula is C26H26N6O5. The van der Waals surface area contributed by atoms with E-state index >= 15 is 0 Å². The quantitative estimate of drug-likeness (QED) is 0.507. The molecule has 11 nitrogen and oxygen atoms in total. The van der Waals surface area contributed by atoms with Gasteiger partial charge in [0, 0.05) is 38.0 Å². The van der Waals surface area contributed by atoms with Gasteiger partial charge in [-0.1, -0.05) is 42.2 Å². The topological polar surface area (TPSA) is 123 Å². The summed E-state index contributed by atoms with van der Waals surface area (Å²) in [5.74, 6) is 6.05. The van der Waals surface area contributed by atoms with Crippen LogP contribution in [0.3, 0.4) is 0 Å². The largest absolute Gasteiger partial charge is 0.487 e. The SMILES string of the molecule is CN1C(=O)[C@@H](NC(=O)c2nnc(Cc3ccccc3)o2)COc2cc(C#CCN3CCOCC3)cnc21. The summed E-state index contributed by atoms with van der Waals surface area (Å²) < 4.78 is 16.7. The molecule has 0 bridgehead atoms. The monoisotopic (exact) mass is 502 g/mol. The normalized spacial score (nSPS) is 17.7. The van der Waals surface area contributed by atoms with E-state index in [9.17, 15) is 9.59 Å². The number of hydrogen-bond donors (Lipinski definition) is 1. The fraction of sp³-hybridized carbons (Fsp3) is 0.346. The highest BCUT2D eigenvalue weighted by molar-refractivity contribution is 6.01.